The van der Waals surface area contributed by atoms with E-state index in [-0.39, 0.29) is 12.5 Å². The van der Waals surface area contributed by atoms with E-state index in [1.54, 1.807) is 26.4 Å². The molecule has 1 amide bonds. The Bertz CT molecular complexity index is 790. The summed E-state index contributed by atoms with van der Waals surface area (Å²) in [5.41, 5.74) is 2.69. The van der Waals surface area contributed by atoms with Crippen LogP contribution in [0.4, 0.5) is 5.69 Å². The summed E-state index contributed by atoms with van der Waals surface area (Å²) in [7, 11) is 3.11. The highest BCUT2D eigenvalue weighted by Crippen LogP contribution is 2.36. The molecule has 0 unspecified atom stereocenters. The number of carbonyl (C=O) groups excluding carboxylic acids is 1. The van der Waals surface area contributed by atoms with Crippen LogP contribution >= 0.6 is 15.9 Å². The van der Waals surface area contributed by atoms with Crippen LogP contribution in [0.25, 0.3) is 0 Å². The molecule has 0 aliphatic rings. The van der Waals surface area contributed by atoms with Crippen LogP contribution in [0.15, 0.2) is 34.8 Å². The third kappa shape index (κ3) is 4.91. The lowest BCUT2D eigenvalue weighted by molar-refractivity contribution is -0.118. The number of anilines is 1. The van der Waals surface area contributed by atoms with E-state index >= 15 is 0 Å². The smallest absolute Gasteiger partial charge is 0.262 e. The van der Waals surface area contributed by atoms with Crippen LogP contribution in [-0.2, 0) is 4.79 Å². The lowest BCUT2D eigenvalue weighted by Crippen LogP contribution is -2.21. The van der Waals surface area contributed by atoms with E-state index in [9.17, 15) is 4.79 Å². The number of amides is 1. The molecule has 0 heterocycles. The molecule has 26 heavy (non-hydrogen) atoms. The predicted molar refractivity (Wildman–Crippen MR) is 107 cm³/mol. The summed E-state index contributed by atoms with van der Waals surface area (Å²) in [5, 5.41) is 2.81. The summed E-state index contributed by atoms with van der Waals surface area (Å²) in [6.45, 7) is 6.09. The van der Waals surface area contributed by atoms with Gasteiger partial charge in [0.2, 0.25) is 0 Å². The fraction of sp³-hybridized carbons (Fsp3) is 0.350. The highest BCUT2D eigenvalue weighted by atomic mass is 79.9. The van der Waals surface area contributed by atoms with Gasteiger partial charge in [-0.3, -0.25) is 4.79 Å². The third-order valence-corrected chi connectivity index (χ3v) is 4.52. The van der Waals surface area contributed by atoms with Crippen LogP contribution in [0.2, 0.25) is 0 Å². The number of halogens is 1. The van der Waals surface area contributed by atoms with Gasteiger partial charge in [0, 0.05) is 12.1 Å². The van der Waals surface area contributed by atoms with Crippen molar-refractivity contribution in [2.75, 3.05) is 26.1 Å². The first-order valence-corrected chi connectivity index (χ1v) is 9.09. The van der Waals surface area contributed by atoms with Gasteiger partial charge in [-0.05, 0) is 46.0 Å². The number of ether oxygens (including phenoxy) is 3. The van der Waals surface area contributed by atoms with E-state index in [1.165, 1.54) is 0 Å². The summed E-state index contributed by atoms with van der Waals surface area (Å²) in [6.07, 6.45) is 0. The summed E-state index contributed by atoms with van der Waals surface area (Å²) < 4.78 is 17.1. The molecule has 1 N–H and O–H groups in total. The summed E-state index contributed by atoms with van der Waals surface area (Å²) >= 11 is 3.40. The zero-order valence-electron chi connectivity index (χ0n) is 15.7. The van der Waals surface area contributed by atoms with Crippen molar-refractivity contribution in [2.24, 2.45) is 0 Å². The topological polar surface area (TPSA) is 56.8 Å². The van der Waals surface area contributed by atoms with Gasteiger partial charge in [0.1, 0.15) is 17.2 Å². The van der Waals surface area contributed by atoms with Crippen molar-refractivity contribution >= 4 is 27.5 Å². The van der Waals surface area contributed by atoms with Crippen molar-refractivity contribution in [2.45, 2.75) is 26.7 Å². The zero-order chi connectivity index (χ0) is 19.3. The van der Waals surface area contributed by atoms with Gasteiger partial charge in [0.25, 0.3) is 5.91 Å². The molecule has 5 nitrogen and oxygen atoms in total. The molecule has 0 radical (unpaired) electrons. The fourth-order valence-electron chi connectivity index (χ4n) is 2.53. The monoisotopic (exact) mass is 421 g/mol. The Kier molecular flexibility index (Phi) is 6.91. The van der Waals surface area contributed by atoms with Gasteiger partial charge in [0.05, 0.1) is 24.4 Å². The van der Waals surface area contributed by atoms with Crippen LogP contribution in [-0.4, -0.2) is 26.7 Å². The minimum atomic E-state index is -0.274. The molecule has 6 heteroatoms. The molecular weight excluding hydrogens is 398 g/mol. The minimum absolute atomic E-state index is 0.0926. The number of carbonyl (C=O) groups is 1. The average Bonchev–Trinajstić information content (AvgIpc) is 2.60. The quantitative estimate of drug-likeness (QED) is 0.689. The first-order valence-electron chi connectivity index (χ1n) is 8.30. The average molecular weight is 422 g/mol. The molecule has 0 bridgehead atoms. The molecule has 0 aliphatic carbocycles. The van der Waals surface area contributed by atoms with Crippen LogP contribution in [0.1, 0.15) is 30.9 Å². The second kappa shape index (κ2) is 8.94. The summed E-state index contributed by atoms with van der Waals surface area (Å²) in [6, 6.07) is 9.47. The Morgan fingerprint density at radius 1 is 1.08 bits per heavy atom. The van der Waals surface area contributed by atoms with Gasteiger partial charge in [-0.2, -0.15) is 0 Å². The number of rotatable bonds is 7. The molecule has 2 rings (SSSR count). The van der Waals surface area contributed by atoms with E-state index in [2.05, 4.69) is 35.1 Å². The molecule has 2 aromatic rings. The Hall–Kier alpha value is -2.21. The largest absolute Gasteiger partial charge is 0.495 e. The van der Waals surface area contributed by atoms with E-state index in [0.29, 0.717) is 23.1 Å². The SMILES string of the molecule is COc1cc(NC(=O)COc2cc(C)ccc2C(C)C)c(OC)cc1Br. The maximum Gasteiger partial charge on any atom is 0.262 e. The highest BCUT2D eigenvalue weighted by Gasteiger charge is 2.14. The van der Waals surface area contributed by atoms with Gasteiger partial charge in [-0.1, -0.05) is 26.0 Å². The first kappa shape index (κ1) is 20.1. The Labute approximate surface area is 162 Å². The molecule has 0 fully saturated rings. The first-order chi connectivity index (χ1) is 12.3. The lowest BCUT2D eigenvalue weighted by atomic mass is 10.0. The fourth-order valence-corrected chi connectivity index (χ4v) is 3.02. The van der Waals surface area contributed by atoms with Gasteiger partial charge in [-0.15, -0.1) is 0 Å². The normalized spacial score (nSPS) is 10.6. The Morgan fingerprint density at radius 2 is 1.77 bits per heavy atom. The predicted octanol–water partition coefficient (Wildman–Crippen LogP) is 4.92. The molecule has 2 aromatic carbocycles. The van der Waals surface area contributed by atoms with Crippen molar-refractivity contribution in [3.8, 4) is 17.2 Å². The second-order valence-corrected chi connectivity index (χ2v) is 7.07. The second-order valence-electron chi connectivity index (χ2n) is 6.22. The summed E-state index contributed by atoms with van der Waals surface area (Å²) in [4.78, 5) is 12.4. The molecule has 0 aromatic heterocycles. The number of aryl methyl sites for hydroxylation is 1. The molecule has 0 saturated carbocycles. The Balaban J connectivity index is 2.12. The zero-order valence-corrected chi connectivity index (χ0v) is 17.3. The molecule has 140 valence electrons. The van der Waals surface area contributed by atoms with E-state index < -0.39 is 0 Å². The Morgan fingerprint density at radius 3 is 2.38 bits per heavy atom. The minimum Gasteiger partial charge on any atom is -0.495 e. The molecule has 0 saturated heterocycles. The molecular formula is C20H24BrNO4. The van der Waals surface area contributed by atoms with Crippen LogP contribution in [0.3, 0.4) is 0 Å². The van der Waals surface area contributed by atoms with Crippen molar-refractivity contribution in [1.82, 2.24) is 0 Å². The van der Waals surface area contributed by atoms with E-state index in [4.69, 9.17) is 14.2 Å². The molecule has 0 aliphatic heterocycles. The number of hydrogen-bond acceptors (Lipinski definition) is 4. The van der Waals surface area contributed by atoms with Gasteiger partial charge >= 0.3 is 0 Å². The van der Waals surface area contributed by atoms with Crippen molar-refractivity contribution in [3.63, 3.8) is 0 Å². The van der Waals surface area contributed by atoms with Crippen molar-refractivity contribution < 1.29 is 19.0 Å². The number of hydrogen-bond donors (Lipinski definition) is 1. The van der Waals surface area contributed by atoms with Gasteiger partial charge in [0.15, 0.2) is 6.61 Å². The lowest BCUT2D eigenvalue weighted by Gasteiger charge is -2.16. The number of nitrogens with one attached hydrogen (secondary N) is 1. The standard InChI is InChI=1S/C20H24BrNO4/c1-12(2)14-7-6-13(3)8-17(14)26-11-20(23)22-16-10-18(24-4)15(21)9-19(16)25-5/h6-10,12H,11H2,1-5H3,(H,22,23). The third-order valence-electron chi connectivity index (χ3n) is 3.90. The van der Waals surface area contributed by atoms with Crippen LogP contribution in [0, 0.1) is 6.92 Å². The van der Waals surface area contributed by atoms with E-state index in [1.807, 2.05) is 25.1 Å². The summed E-state index contributed by atoms with van der Waals surface area (Å²) in [5.74, 6) is 1.90. The van der Waals surface area contributed by atoms with Gasteiger partial charge in [-0.25, -0.2) is 0 Å². The molecule has 0 atom stereocenters. The number of benzene rings is 2. The maximum atomic E-state index is 12.4. The van der Waals surface area contributed by atoms with Crippen molar-refractivity contribution in [3.05, 3.63) is 45.9 Å². The number of methoxy groups -OCH3 is 2. The maximum absolute atomic E-state index is 12.4. The highest BCUT2D eigenvalue weighted by molar-refractivity contribution is 9.10. The van der Waals surface area contributed by atoms with Crippen molar-refractivity contribution in [1.29, 1.82) is 0 Å². The van der Waals surface area contributed by atoms with Crippen LogP contribution in [0.5, 0.6) is 17.2 Å². The van der Waals surface area contributed by atoms with Gasteiger partial charge < -0.3 is 19.5 Å². The van der Waals surface area contributed by atoms with Crippen LogP contribution < -0.4 is 19.5 Å². The van der Waals surface area contributed by atoms with E-state index in [0.717, 1.165) is 21.3 Å². The molecule has 0 spiro atoms.